The van der Waals surface area contributed by atoms with Crippen LogP contribution in [0.25, 0.3) is 11.5 Å². The molecule has 0 saturated heterocycles. The molecule has 6 nitrogen and oxygen atoms in total. The van der Waals surface area contributed by atoms with Gasteiger partial charge in [0.05, 0.1) is 23.1 Å². The van der Waals surface area contributed by atoms with Gasteiger partial charge in [-0.05, 0) is 29.8 Å². The average molecular weight is 304 g/mol. The van der Waals surface area contributed by atoms with E-state index in [4.69, 9.17) is 20.4 Å². The Morgan fingerprint density at radius 1 is 1.24 bits per heavy atom. The summed E-state index contributed by atoms with van der Waals surface area (Å²) in [5.74, 6) is 0.406. The van der Waals surface area contributed by atoms with E-state index in [9.17, 15) is 4.79 Å². The van der Waals surface area contributed by atoms with Crippen LogP contribution in [0.15, 0.2) is 45.4 Å². The van der Waals surface area contributed by atoms with Crippen LogP contribution in [-0.2, 0) is 0 Å². The molecule has 0 unspecified atom stereocenters. The lowest BCUT2D eigenvalue weighted by Crippen LogP contribution is -2.12. The third kappa shape index (κ3) is 2.66. The Bertz CT molecular complexity index is 794. The van der Waals surface area contributed by atoms with Crippen molar-refractivity contribution < 1.29 is 13.6 Å². The number of hydrogen-bond acceptors (Lipinski definition) is 5. The maximum Gasteiger partial charge on any atom is 0.260 e. The highest BCUT2D eigenvalue weighted by Gasteiger charge is 2.17. The number of carbonyl (C=O) groups is 1. The van der Waals surface area contributed by atoms with Gasteiger partial charge >= 0.3 is 0 Å². The summed E-state index contributed by atoms with van der Waals surface area (Å²) in [7, 11) is 0. The van der Waals surface area contributed by atoms with E-state index in [0.29, 0.717) is 23.0 Å². The summed E-state index contributed by atoms with van der Waals surface area (Å²) in [5.41, 5.74) is 1.43. The van der Waals surface area contributed by atoms with Crippen molar-refractivity contribution in [2.45, 2.75) is 6.92 Å². The van der Waals surface area contributed by atoms with Crippen LogP contribution in [0.2, 0.25) is 5.22 Å². The van der Waals surface area contributed by atoms with Crippen molar-refractivity contribution >= 4 is 23.2 Å². The Morgan fingerprint density at radius 3 is 2.71 bits per heavy atom. The van der Waals surface area contributed by atoms with E-state index in [1.54, 1.807) is 25.1 Å². The van der Waals surface area contributed by atoms with Crippen LogP contribution < -0.4 is 5.32 Å². The molecule has 0 aliphatic rings. The standard InChI is InChI=1S/C14H10ClN3O3/c1-8-17-18-14(21-8)9-4-2-3-5-11(9)16-13(19)10-6-7-20-12(10)15/h2-7H,1H3,(H,16,19). The molecule has 2 heterocycles. The zero-order chi connectivity index (χ0) is 14.8. The van der Waals surface area contributed by atoms with Crippen LogP contribution in [0.4, 0.5) is 5.69 Å². The van der Waals surface area contributed by atoms with Crippen molar-refractivity contribution in [3.05, 3.63) is 53.3 Å². The number of amides is 1. The number of anilines is 1. The number of para-hydroxylation sites is 1. The number of hydrogen-bond donors (Lipinski definition) is 1. The van der Waals surface area contributed by atoms with Gasteiger partial charge in [-0.15, -0.1) is 10.2 Å². The molecule has 0 fully saturated rings. The Labute approximate surface area is 124 Å². The molecule has 0 bridgehead atoms. The van der Waals surface area contributed by atoms with Crippen LogP contribution in [0.5, 0.6) is 0 Å². The number of aromatic nitrogens is 2. The summed E-state index contributed by atoms with van der Waals surface area (Å²) in [5, 5.41) is 10.5. The molecule has 3 rings (SSSR count). The highest BCUT2D eigenvalue weighted by molar-refractivity contribution is 6.32. The fourth-order valence-corrected chi connectivity index (χ4v) is 2.03. The summed E-state index contributed by atoms with van der Waals surface area (Å²) in [6, 6.07) is 8.62. The molecule has 0 radical (unpaired) electrons. The van der Waals surface area contributed by atoms with Gasteiger partial charge in [0.1, 0.15) is 0 Å². The number of rotatable bonds is 3. The van der Waals surface area contributed by atoms with E-state index in [2.05, 4.69) is 15.5 Å². The van der Waals surface area contributed by atoms with Crippen LogP contribution >= 0.6 is 11.6 Å². The number of furan rings is 1. The Morgan fingerprint density at radius 2 is 2.05 bits per heavy atom. The van der Waals surface area contributed by atoms with Gasteiger partial charge in [-0.1, -0.05) is 12.1 Å². The molecule has 1 aromatic carbocycles. The van der Waals surface area contributed by atoms with Gasteiger partial charge in [0.25, 0.3) is 5.91 Å². The van der Waals surface area contributed by atoms with E-state index < -0.39 is 0 Å². The minimum absolute atomic E-state index is 0.0404. The average Bonchev–Trinajstić information content (AvgIpc) is 3.08. The maximum absolute atomic E-state index is 12.2. The molecular weight excluding hydrogens is 294 g/mol. The van der Waals surface area contributed by atoms with Crippen molar-refractivity contribution in [1.82, 2.24) is 10.2 Å². The molecule has 0 aliphatic carbocycles. The molecule has 0 saturated carbocycles. The Kier molecular flexibility index (Phi) is 3.45. The first-order valence-corrected chi connectivity index (χ1v) is 6.47. The molecule has 0 aliphatic heterocycles. The van der Waals surface area contributed by atoms with Crippen molar-refractivity contribution in [3.63, 3.8) is 0 Å². The minimum Gasteiger partial charge on any atom is -0.452 e. The zero-order valence-corrected chi connectivity index (χ0v) is 11.7. The number of halogens is 1. The summed E-state index contributed by atoms with van der Waals surface area (Å²) in [6.07, 6.45) is 1.35. The topological polar surface area (TPSA) is 81.2 Å². The highest BCUT2D eigenvalue weighted by atomic mass is 35.5. The van der Waals surface area contributed by atoms with Gasteiger partial charge in [0.2, 0.25) is 17.0 Å². The second kappa shape index (κ2) is 5.41. The molecule has 1 amide bonds. The quantitative estimate of drug-likeness (QED) is 0.800. The van der Waals surface area contributed by atoms with E-state index >= 15 is 0 Å². The SMILES string of the molecule is Cc1nnc(-c2ccccc2NC(=O)c2ccoc2Cl)o1. The third-order valence-electron chi connectivity index (χ3n) is 2.79. The van der Waals surface area contributed by atoms with Gasteiger partial charge in [-0.25, -0.2) is 0 Å². The van der Waals surface area contributed by atoms with Gasteiger partial charge in [0, 0.05) is 6.92 Å². The minimum atomic E-state index is -0.377. The number of benzene rings is 1. The van der Waals surface area contributed by atoms with Crippen molar-refractivity contribution in [3.8, 4) is 11.5 Å². The smallest absolute Gasteiger partial charge is 0.260 e. The van der Waals surface area contributed by atoms with Gasteiger partial charge in [-0.3, -0.25) is 4.79 Å². The molecule has 106 valence electrons. The first-order chi connectivity index (χ1) is 10.1. The molecule has 0 atom stereocenters. The lowest BCUT2D eigenvalue weighted by atomic mass is 10.1. The monoisotopic (exact) mass is 303 g/mol. The molecule has 7 heteroatoms. The van der Waals surface area contributed by atoms with Gasteiger partial charge < -0.3 is 14.2 Å². The predicted molar refractivity (Wildman–Crippen MR) is 76.1 cm³/mol. The van der Waals surface area contributed by atoms with E-state index in [0.717, 1.165) is 0 Å². The summed E-state index contributed by atoms with van der Waals surface area (Å²) in [6.45, 7) is 1.70. The predicted octanol–water partition coefficient (Wildman–Crippen LogP) is 3.54. The van der Waals surface area contributed by atoms with Crippen molar-refractivity contribution in [2.24, 2.45) is 0 Å². The normalized spacial score (nSPS) is 10.6. The fraction of sp³-hybridized carbons (Fsp3) is 0.0714. The van der Waals surface area contributed by atoms with Crippen LogP contribution in [-0.4, -0.2) is 16.1 Å². The van der Waals surface area contributed by atoms with Crippen molar-refractivity contribution in [1.29, 1.82) is 0 Å². The summed E-state index contributed by atoms with van der Waals surface area (Å²) < 4.78 is 10.3. The largest absolute Gasteiger partial charge is 0.452 e. The van der Waals surface area contributed by atoms with Gasteiger partial charge in [0.15, 0.2) is 0 Å². The first kappa shape index (κ1) is 13.4. The molecule has 2 aromatic heterocycles. The Hall–Kier alpha value is -2.60. The second-order valence-corrected chi connectivity index (χ2v) is 4.58. The highest BCUT2D eigenvalue weighted by Crippen LogP contribution is 2.27. The van der Waals surface area contributed by atoms with E-state index in [-0.39, 0.29) is 16.7 Å². The lowest BCUT2D eigenvalue weighted by Gasteiger charge is -2.07. The zero-order valence-electron chi connectivity index (χ0n) is 11.0. The number of carbonyl (C=O) groups excluding carboxylic acids is 1. The Balaban J connectivity index is 1.93. The first-order valence-electron chi connectivity index (χ1n) is 6.09. The van der Waals surface area contributed by atoms with Crippen molar-refractivity contribution in [2.75, 3.05) is 5.32 Å². The lowest BCUT2D eigenvalue weighted by molar-refractivity contribution is 0.102. The van der Waals surface area contributed by atoms with Gasteiger partial charge in [-0.2, -0.15) is 0 Å². The second-order valence-electron chi connectivity index (χ2n) is 4.23. The molecule has 0 spiro atoms. The number of nitrogens with zero attached hydrogens (tertiary/aromatic N) is 2. The molecular formula is C14H10ClN3O3. The van der Waals surface area contributed by atoms with Crippen LogP contribution in [0.3, 0.4) is 0 Å². The summed E-state index contributed by atoms with van der Waals surface area (Å²) in [4.78, 5) is 12.2. The molecule has 1 N–H and O–H groups in total. The number of aryl methyl sites for hydroxylation is 1. The number of nitrogens with one attached hydrogen (secondary N) is 1. The maximum atomic E-state index is 12.2. The van der Waals surface area contributed by atoms with Crippen LogP contribution in [0.1, 0.15) is 16.2 Å². The van der Waals surface area contributed by atoms with Crippen LogP contribution in [0, 0.1) is 6.92 Å². The van der Waals surface area contributed by atoms with E-state index in [1.165, 1.54) is 12.3 Å². The molecule has 3 aromatic rings. The fourth-order valence-electron chi connectivity index (χ4n) is 1.83. The summed E-state index contributed by atoms with van der Waals surface area (Å²) >= 11 is 5.79. The van der Waals surface area contributed by atoms with E-state index in [1.807, 2.05) is 6.07 Å². The third-order valence-corrected chi connectivity index (χ3v) is 3.09. The molecule has 21 heavy (non-hydrogen) atoms.